The number of carbonyl (C=O) groups is 1. The maximum atomic E-state index is 12.9. The number of hydrogen-bond donors (Lipinski definition) is 1. The van der Waals surface area contributed by atoms with E-state index in [1.807, 2.05) is 0 Å². The lowest BCUT2D eigenvalue weighted by Gasteiger charge is -2.13. The Hall–Kier alpha value is -1.68. The van der Waals surface area contributed by atoms with Crippen LogP contribution in [0.2, 0.25) is 5.02 Å². The van der Waals surface area contributed by atoms with Gasteiger partial charge < -0.3 is 0 Å². The molecule has 2 heterocycles. The number of halogens is 4. The second-order valence-electron chi connectivity index (χ2n) is 5.58. The van der Waals surface area contributed by atoms with E-state index in [9.17, 15) is 18.0 Å². The Morgan fingerprint density at radius 3 is 2.62 bits per heavy atom. The van der Waals surface area contributed by atoms with Gasteiger partial charge in [0.25, 0.3) is 5.91 Å². The van der Waals surface area contributed by atoms with Gasteiger partial charge in [-0.3, -0.25) is 14.8 Å². The van der Waals surface area contributed by atoms with Crippen molar-refractivity contribution in [2.24, 2.45) is 0 Å². The molecule has 0 radical (unpaired) electrons. The number of nitrogens with zero attached hydrogens (tertiary/aromatic N) is 4. The quantitative estimate of drug-likeness (QED) is 0.877. The highest BCUT2D eigenvalue weighted by molar-refractivity contribution is 7.15. The minimum absolute atomic E-state index is 0.0718. The zero-order valence-corrected chi connectivity index (χ0v) is 14.3. The third-order valence-corrected chi connectivity index (χ3v) is 5.14. The first-order valence-electron chi connectivity index (χ1n) is 7.14. The highest BCUT2D eigenvalue weighted by atomic mass is 35.5. The summed E-state index contributed by atoms with van der Waals surface area (Å²) in [5, 5.41) is 14.6. The van der Waals surface area contributed by atoms with Crippen LogP contribution in [0.3, 0.4) is 0 Å². The highest BCUT2D eigenvalue weighted by Gasteiger charge is 2.39. The maximum Gasteiger partial charge on any atom is 0.436 e. The lowest BCUT2D eigenvalue weighted by molar-refractivity contribution is -0.141. The van der Waals surface area contributed by atoms with Gasteiger partial charge >= 0.3 is 6.18 Å². The lowest BCUT2D eigenvalue weighted by atomic mass is 10.3. The van der Waals surface area contributed by atoms with Gasteiger partial charge in [-0.25, -0.2) is 0 Å². The molecule has 0 spiro atoms. The summed E-state index contributed by atoms with van der Waals surface area (Å²) >= 11 is 6.97. The summed E-state index contributed by atoms with van der Waals surface area (Å²) in [6.07, 6.45) is -2.56. The van der Waals surface area contributed by atoms with Gasteiger partial charge in [0, 0.05) is 5.92 Å². The SMILES string of the molecule is Cc1c(Cl)c(C(F)(F)F)nn1[C@@H](C)C(=O)Nc1nnc(C2CC2)s1. The first kappa shape index (κ1) is 17.2. The summed E-state index contributed by atoms with van der Waals surface area (Å²) < 4.78 is 39.5. The van der Waals surface area contributed by atoms with Crippen LogP contribution in [0.25, 0.3) is 0 Å². The van der Waals surface area contributed by atoms with Crippen molar-refractivity contribution in [1.82, 2.24) is 20.0 Å². The number of carbonyl (C=O) groups excluding carboxylic acids is 1. The summed E-state index contributed by atoms with van der Waals surface area (Å²) in [7, 11) is 0. The van der Waals surface area contributed by atoms with E-state index < -0.39 is 28.8 Å². The fourth-order valence-electron chi connectivity index (χ4n) is 2.16. The van der Waals surface area contributed by atoms with E-state index in [2.05, 4.69) is 20.6 Å². The molecule has 24 heavy (non-hydrogen) atoms. The van der Waals surface area contributed by atoms with Crippen LogP contribution in [-0.2, 0) is 11.0 Å². The van der Waals surface area contributed by atoms with Gasteiger partial charge in [0.15, 0.2) is 5.69 Å². The minimum Gasteiger partial charge on any atom is -0.299 e. The number of nitrogens with one attached hydrogen (secondary N) is 1. The Kier molecular flexibility index (Phi) is 4.28. The van der Waals surface area contributed by atoms with Crippen LogP contribution in [0.15, 0.2) is 0 Å². The molecule has 0 aromatic carbocycles. The largest absolute Gasteiger partial charge is 0.436 e. The number of alkyl halides is 3. The molecule has 0 aliphatic heterocycles. The van der Waals surface area contributed by atoms with Crippen molar-refractivity contribution in [3.05, 3.63) is 21.4 Å². The molecule has 3 rings (SSSR count). The fourth-order valence-corrected chi connectivity index (χ4v) is 3.30. The molecule has 1 N–H and O–H groups in total. The molecule has 130 valence electrons. The molecule has 1 atom stereocenters. The molecule has 0 unspecified atom stereocenters. The van der Waals surface area contributed by atoms with E-state index in [1.54, 1.807) is 0 Å². The number of amides is 1. The summed E-state index contributed by atoms with van der Waals surface area (Å²) in [5.74, 6) is -0.128. The second kappa shape index (κ2) is 5.99. The van der Waals surface area contributed by atoms with E-state index >= 15 is 0 Å². The van der Waals surface area contributed by atoms with E-state index in [0.717, 1.165) is 22.5 Å². The summed E-state index contributed by atoms with van der Waals surface area (Å²) in [5.41, 5.74) is -1.13. The fraction of sp³-hybridized carbons (Fsp3) is 0.538. The topological polar surface area (TPSA) is 72.7 Å². The summed E-state index contributed by atoms with van der Waals surface area (Å²) in [4.78, 5) is 12.3. The first-order valence-corrected chi connectivity index (χ1v) is 8.34. The van der Waals surface area contributed by atoms with Crippen molar-refractivity contribution in [1.29, 1.82) is 0 Å². The predicted molar refractivity (Wildman–Crippen MR) is 82.2 cm³/mol. The van der Waals surface area contributed by atoms with E-state index in [-0.39, 0.29) is 5.69 Å². The molecule has 1 amide bonds. The van der Waals surface area contributed by atoms with Crippen molar-refractivity contribution in [3.8, 4) is 0 Å². The Balaban J connectivity index is 1.77. The maximum absolute atomic E-state index is 12.9. The number of hydrogen-bond acceptors (Lipinski definition) is 5. The Morgan fingerprint density at radius 1 is 1.42 bits per heavy atom. The average Bonchev–Trinajstić information content (AvgIpc) is 3.17. The van der Waals surface area contributed by atoms with Gasteiger partial charge in [0.1, 0.15) is 11.0 Å². The van der Waals surface area contributed by atoms with Crippen LogP contribution in [0.4, 0.5) is 18.3 Å². The smallest absolute Gasteiger partial charge is 0.299 e. The van der Waals surface area contributed by atoms with Crippen LogP contribution in [0.5, 0.6) is 0 Å². The molecule has 11 heteroatoms. The average molecular weight is 380 g/mol. The van der Waals surface area contributed by atoms with Crippen LogP contribution in [0, 0.1) is 6.92 Å². The molecule has 2 aromatic heterocycles. The molecule has 1 aliphatic rings. The minimum atomic E-state index is -4.68. The molecule has 1 aliphatic carbocycles. The van der Waals surface area contributed by atoms with Crippen molar-refractivity contribution in [3.63, 3.8) is 0 Å². The van der Waals surface area contributed by atoms with Crippen LogP contribution >= 0.6 is 22.9 Å². The molecular formula is C13H13ClF3N5OS. The summed E-state index contributed by atoms with van der Waals surface area (Å²) in [6.45, 7) is 2.82. The van der Waals surface area contributed by atoms with Crippen LogP contribution in [-0.4, -0.2) is 25.9 Å². The third-order valence-electron chi connectivity index (χ3n) is 3.69. The van der Waals surface area contributed by atoms with Crippen molar-refractivity contribution in [2.75, 3.05) is 5.32 Å². The van der Waals surface area contributed by atoms with Crippen molar-refractivity contribution in [2.45, 2.75) is 44.8 Å². The zero-order valence-electron chi connectivity index (χ0n) is 12.7. The first-order chi connectivity index (χ1) is 11.2. The van der Waals surface area contributed by atoms with Gasteiger partial charge in [-0.05, 0) is 26.7 Å². The van der Waals surface area contributed by atoms with Crippen molar-refractivity contribution >= 4 is 34.0 Å². The molecule has 0 saturated heterocycles. The monoisotopic (exact) mass is 379 g/mol. The van der Waals surface area contributed by atoms with E-state index in [0.29, 0.717) is 11.0 Å². The lowest BCUT2D eigenvalue weighted by Crippen LogP contribution is -2.25. The normalized spacial score (nSPS) is 16.2. The third kappa shape index (κ3) is 3.25. The van der Waals surface area contributed by atoms with Gasteiger partial charge in [-0.1, -0.05) is 22.9 Å². The van der Waals surface area contributed by atoms with Crippen LogP contribution < -0.4 is 5.32 Å². The molecule has 2 aromatic rings. The van der Waals surface area contributed by atoms with Crippen LogP contribution in [0.1, 0.15) is 48.1 Å². The second-order valence-corrected chi connectivity index (χ2v) is 6.96. The van der Waals surface area contributed by atoms with Crippen molar-refractivity contribution < 1.29 is 18.0 Å². The Labute approximate surface area is 144 Å². The van der Waals surface area contributed by atoms with Gasteiger partial charge in [-0.2, -0.15) is 18.3 Å². The number of aromatic nitrogens is 4. The van der Waals surface area contributed by atoms with Gasteiger partial charge in [0.2, 0.25) is 5.13 Å². The molecule has 0 bridgehead atoms. The number of rotatable bonds is 4. The number of anilines is 1. The summed E-state index contributed by atoms with van der Waals surface area (Å²) in [6, 6.07) is -0.980. The molecular weight excluding hydrogens is 367 g/mol. The molecule has 1 saturated carbocycles. The van der Waals surface area contributed by atoms with Gasteiger partial charge in [-0.15, -0.1) is 10.2 Å². The standard InChI is InChI=1S/C13H13ClF3N5OS/c1-5-8(14)9(13(15,16)17)21-22(5)6(2)10(23)18-12-20-19-11(24-12)7-3-4-7/h6-7H,3-4H2,1-2H3,(H,18,20,23)/t6-/m0/s1. The predicted octanol–water partition coefficient (Wildman–Crippen LogP) is 3.79. The van der Waals surface area contributed by atoms with Gasteiger partial charge in [0.05, 0.1) is 10.7 Å². The Bertz CT molecular complexity index is 783. The van der Waals surface area contributed by atoms with E-state index in [1.165, 1.54) is 25.2 Å². The molecule has 6 nitrogen and oxygen atoms in total. The molecule has 1 fully saturated rings. The Morgan fingerprint density at radius 2 is 2.08 bits per heavy atom. The zero-order chi connectivity index (χ0) is 17.6. The van der Waals surface area contributed by atoms with E-state index in [4.69, 9.17) is 11.6 Å². The highest BCUT2D eigenvalue weighted by Crippen LogP contribution is 2.42.